The monoisotopic (exact) mass is 373 g/mol. The van der Waals surface area contributed by atoms with E-state index in [4.69, 9.17) is 0 Å². The summed E-state index contributed by atoms with van der Waals surface area (Å²) in [5.41, 5.74) is 3.04. The minimum absolute atomic E-state index is 0.148. The van der Waals surface area contributed by atoms with Crippen molar-refractivity contribution < 1.29 is 19.3 Å². The van der Waals surface area contributed by atoms with Crippen LogP contribution >= 0.6 is 11.3 Å². The van der Waals surface area contributed by atoms with Crippen LogP contribution in [0.4, 0.5) is 4.79 Å². The van der Waals surface area contributed by atoms with E-state index in [2.05, 4.69) is 10.7 Å². The standard InChI is InChI=1S/C18H20N4O3S/c1-18(14-6-4-3-5-7-14)16(24)22(17(25)19-18)20-15(23)11-21(2)10-13-8-9-26-12-13/h3-9,12H,10-11H2,1-2H3,(H,19,25)(H,20,23)/p+1/t18-/m1/s1. The van der Waals surface area contributed by atoms with Crippen molar-refractivity contribution in [2.45, 2.75) is 19.0 Å². The molecule has 136 valence electrons. The minimum Gasteiger partial charge on any atom is -0.326 e. The maximum atomic E-state index is 12.7. The molecule has 3 rings (SSSR count). The van der Waals surface area contributed by atoms with Gasteiger partial charge in [0, 0.05) is 5.56 Å². The van der Waals surface area contributed by atoms with Gasteiger partial charge in [0.05, 0.1) is 7.05 Å². The summed E-state index contributed by atoms with van der Waals surface area (Å²) in [6.07, 6.45) is 0. The Kier molecular flexibility index (Phi) is 5.06. The fraction of sp³-hybridized carbons (Fsp3) is 0.278. The Hall–Kier alpha value is -2.71. The number of thiophene rings is 1. The SMILES string of the molecule is C[NH+](CC(=O)NN1C(=O)N[C@](C)(c2ccccc2)C1=O)Cc1ccsc1. The fourth-order valence-electron chi connectivity index (χ4n) is 2.95. The Morgan fingerprint density at radius 3 is 2.65 bits per heavy atom. The summed E-state index contributed by atoms with van der Waals surface area (Å²) < 4.78 is 0. The van der Waals surface area contributed by atoms with Gasteiger partial charge in [0.15, 0.2) is 6.54 Å². The number of hydrogen-bond donors (Lipinski definition) is 3. The number of nitrogens with zero attached hydrogens (tertiary/aromatic N) is 1. The van der Waals surface area contributed by atoms with Crippen LogP contribution in [0.3, 0.4) is 0 Å². The maximum Gasteiger partial charge on any atom is 0.344 e. The Labute approximate surface area is 155 Å². The Bertz CT molecular complexity index is 809. The van der Waals surface area contributed by atoms with E-state index in [1.54, 1.807) is 42.5 Å². The van der Waals surface area contributed by atoms with Crippen LogP contribution in [0.5, 0.6) is 0 Å². The zero-order chi connectivity index (χ0) is 18.7. The third kappa shape index (κ3) is 3.61. The van der Waals surface area contributed by atoms with Gasteiger partial charge in [-0.3, -0.25) is 15.0 Å². The molecular weight excluding hydrogens is 352 g/mol. The van der Waals surface area contributed by atoms with E-state index in [9.17, 15) is 14.4 Å². The lowest BCUT2D eigenvalue weighted by Gasteiger charge is -2.22. The number of carbonyl (C=O) groups excluding carboxylic acids is 3. The van der Waals surface area contributed by atoms with Crippen molar-refractivity contribution in [1.82, 2.24) is 15.8 Å². The van der Waals surface area contributed by atoms with Crippen molar-refractivity contribution in [3.63, 3.8) is 0 Å². The highest BCUT2D eigenvalue weighted by Crippen LogP contribution is 2.27. The first-order valence-corrected chi connectivity index (χ1v) is 9.18. The number of hydrogen-bond acceptors (Lipinski definition) is 4. The molecule has 1 aliphatic heterocycles. The van der Waals surface area contributed by atoms with Crippen LogP contribution in [0.25, 0.3) is 0 Å². The number of urea groups is 1. The molecule has 26 heavy (non-hydrogen) atoms. The van der Waals surface area contributed by atoms with Gasteiger partial charge in [0.25, 0.3) is 11.8 Å². The van der Waals surface area contributed by atoms with E-state index in [-0.39, 0.29) is 6.54 Å². The molecule has 0 bridgehead atoms. The molecule has 2 aromatic rings. The molecule has 8 heteroatoms. The van der Waals surface area contributed by atoms with Crippen LogP contribution in [0.15, 0.2) is 47.2 Å². The first kappa shape index (κ1) is 18.1. The molecule has 1 unspecified atom stereocenters. The van der Waals surface area contributed by atoms with Gasteiger partial charge in [0.2, 0.25) is 0 Å². The van der Waals surface area contributed by atoms with E-state index < -0.39 is 23.4 Å². The quantitative estimate of drug-likeness (QED) is 0.636. The molecule has 1 aromatic carbocycles. The fourth-order valence-corrected chi connectivity index (χ4v) is 3.62. The van der Waals surface area contributed by atoms with Crippen molar-refractivity contribution in [2.75, 3.05) is 13.6 Å². The lowest BCUT2D eigenvalue weighted by molar-refractivity contribution is -0.885. The van der Waals surface area contributed by atoms with Crippen LogP contribution < -0.4 is 15.6 Å². The maximum absolute atomic E-state index is 12.7. The Balaban J connectivity index is 1.63. The number of benzene rings is 1. The van der Waals surface area contributed by atoms with Gasteiger partial charge in [-0.1, -0.05) is 30.3 Å². The van der Waals surface area contributed by atoms with Gasteiger partial charge in [0.1, 0.15) is 12.1 Å². The number of imide groups is 1. The van der Waals surface area contributed by atoms with Crippen molar-refractivity contribution in [3.8, 4) is 0 Å². The number of quaternary nitrogens is 1. The largest absolute Gasteiger partial charge is 0.344 e. The van der Waals surface area contributed by atoms with E-state index >= 15 is 0 Å². The molecule has 1 aromatic heterocycles. The second-order valence-corrected chi connectivity index (χ2v) is 7.32. The number of hydrazine groups is 1. The van der Waals surface area contributed by atoms with Gasteiger partial charge >= 0.3 is 6.03 Å². The Morgan fingerprint density at radius 2 is 2.00 bits per heavy atom. The second-order valence-electron chi connectivity index (χ2n) is 6.54. The van der Waals surface area contributed by atoms with Crippen LogP contribution in [-0.4, -0.2) is 36.4 Å². The molecule has 4 amide bonds. The molecule has 0 radical (unpaired) electrons. The van der Waals surface area contributed by atoms with Gasteiger partial charge in [-0.05, 0) is 29.3 Å². The van der Waals surface area contributed by atoms with Crippen molar-refractivity contribution in [1.29, 1.82) is 0 Å². The highest BCUT2D eigenvalue weighted by Gasteiger charge is 2.50. The minimum atomic E-state index is -1.19. The van der Waals surface area contributed by atoms with E-state index in [1.165, 1.54) is 0 Å². The summed E-state index contributed by atoms with van der Waals surface area (Å²) in [7, 11) is 1.89. The zero-order valence-electron chi connectivity index (χ0n) is 14.6. The van der Waals surface area contributed by atoms with E-state index in [0.717, 1.165) is 15.5 Å². The lowest BCUT2D eigenvalue weighted by Crippen LogP contribution is -3.09. The predicted molar refractivity (Wildman–Crippen MR) is 97.1 cm³/mol. The summed E-state index contributed by atoms with van der Waals surface area (Å²) in [4.78, 5) is 38.2. The topological polar surface area (TPSA) is 82.9 Å². The average molecular weight is 373 g/mol. The van der Waals surface area contributed by atoms with Crippen molar-refractivity contribution >= 4 is 29.2 Å². The number of rotatable bonds is 6. The molecule has 0 spiro atoms. The van der Waals surface area contributed by atoms with Crippen LogP contribution in [0.1, 0.15) is 18.1 Å². The predicted octanol–water partition coefficient (Wildman–Crippen LogP) is 0.261. The summed E-state index contributed by atoms with van der Waals surface area (Å²) in [5, 5.41) is 7.45. The molecule has 1 saturated heterocycles. The Morgan fingerprint density at radius 1 is 1.27 bits per heavy atom. The first-order chi connectivity index (χ1) is 12.4. The van der Waals surface area contributed by atoms with Crippen LogP contribution in [0, 0.1) is 0 Å². The first-order valence-electron chi connectivity index (χ1n) is 8.24. The molecule has 2 heterocycles. The normalized spacial score (nSPS) is 20.8. The third-order valence-electron chi connectivity index (χ3n) is 4.33. The second kappa shape index (κ2) is 7.27. The summed E-state index contributed by atoms with van der Waals surface area (Å²) >= 11 is 1.61. The molecule has 0 aliphatic carbocycles. The highest BCUT2D eigenvalue weighted by atomic mass is 32.1. The summed E-state index contributed by atoms with van der Waals surface area (Å²) in [5.74, 6) is -0.893. The molecule has 0 saturated carbocycles. The molecular formula is C18H21N4O3S+. The number of carbonyl (C=O) groups is 3. The third-order valence-corrected chi connectivity index (χ3v) is 5.06. The lowest BCUT2D eigenvalue weighted by atomic mass is 9.92. The highest BCUT2D eigenvalue weighted by molar-refractivity contribution is 7.07. The average Bonchev–Trinajstić information content (AvgIpc) is 3.18. The van der Waals surface area contributed by atoms with Gasteiger partial charge in [-0.2, -0.15) is 16.3 Å². The molecule has 7 nitrogen and oxygen atoms in total. The van der Waals surface area contributed by atoms with E-state index in [1.807, 2.05) is 29.9 Å². The summed E-state index contributed by atoms with van der Waals surface area (Å²) in [6, 6.07) is 10.3. The number of likely N-dealkylation sites (N-methyl/N-ethyl adjacent to an activating group) is 1. The zero-order valence-corrected chi connectivity index (χ0v) is 15.4. The summed E-state index contributed by atoms with van der Waals surface area (Å²) in [6.45, 7) is 2.47. The molecule has 1 fully saturated rings. The van der Waals surface area contributed by atoms with Gasteiger partial charge in [-0.25, -0.2) is 4.79 Å². The van der Waals surface area contributed by atoms with Crippen molar-refractivity contribution in [2.24, 2.45) is 0 Å². The molecule has 2 atom stereocenters. The van der Waals surface area contributed by atoms with E-state index in [0.29, 0.717) is 12.1 Å². The number of nitrogens with one attached hydrogen (secondary N) is 3. The van der Waals surface area contributed by atoms with Crippen LogP contribution in [-0.2, 0) is 21.7 Å². The molecule has 3 N–H and O–H groups in total. The van der Waals surface area contributed by atoms with Crippen molar-refractivity contribution in [3.05, 3.63) is 58.3 Å². The smallest absolute Gasteiger partial charge is 0.326 e. The van der Waals surface area contributed by atoms with Crippen LogP contribution in [0.2, 0.25) is 0 Å². The van der Waals surface area contributed by atoms with Gasteiger partial charge < -0.3 is 10.2 Å². The number of amides is 4. The van der Waals surface area contributed by atoms with Gasteiger partial charge in [-0.15, -0.1) is 0 Å². The molecule has 1 aliphatic rings.